The zero-order valence-corrected chi connectivity index (χ0v) is 13.7. The van der Waals surface area contributed by atoms with Crippen LogP contribution < -0.4 is 10.6 Å². The van der Waals surface area contributed by atoms with Crippen LogP contribution in [0.3, 0.4) is 0 Å². The molecular weight excluding hydrogens is 292 g/mol. The summed E-state index contributed by atoms with van der Waals surface area (Å²) in [4.78, 5) is 11.9. The third-order valence-electron chi connectivity index (χ3n) is 3.38. The molecule has 0 saturated carbocycles. The Balaban J connectivity index is 1.84. The fourth-order valence-corrected chi connectivity index (χ4v) is 2.34. The summed E-state index contributed by atoms with van der Waals surface area (Å²) < 4.78 is 0. The minimum absolute atomic E-state index is 0.0772. The normalized spacial score (nSPS) is 10.1. The first kappa shape index (κ1) is 16.2. The first-order chi connectivity index (χ1) is 10.5. The van der Waals surface area contributed by atoms with Crippen molar-refractivity contribution in [2.24, 2.45) is 0 Å². The van der Waals surface area contributed by atoms with E-state index in [9.17, 15) is 4.79 Å². The summed E-state index contributed by atoms with van der Waals surface area (Å²) in [7, 11) is 0. The van der Waals surface area contributed by atoms with Crippen LogP contribution in [0.2, 0.25) is 0 Å². The summed E-state index contributed by atoms with van der Waals surface area (Å²) in [5, 5.41) is 6.15. The van der Waals surface area contributed by atoms with E-state index in [1.165, 1.54) is 0 Å². The summed E-state index contributed by atoms with van der Waals surface area (Å²) in [6.45, 7) is 4.02. The van der Waals surface area contributed by atoms with E-state index >= 15 is 0 Å². The maximum atomic E-state index is 11.9. The highest BCUT2D eigenvalue weighted by Crippen LogP contribution is 2.16. The first-order valence-corrected chi connectivity index (χ1v) is 7.67. The van der Waals surface area contributed by atoms with Gasteiger partial charge in [-0.25, -0.2) is 0 Å². The molecule has 1 amide bonds. The number of benzene rings is 2. The van der Waals surface area contributed by atoms with Crippen molar-refractivity contribution in [2.75, 3.05) is 5.32 Å². The number of anilines is 1. The molecule has 0 saturated heterocycles. The highest BCUT2D eigenvalue weighted by Gasteiger charge is 2.06. The second kappa shape index (κ2) is 7.71. The number of rotatable bonds is 4. The molecule has 2 N–H and O–H groups in total. The van der Waals surface area contributed by atoms with Crippen LogP contribution in [-0.4, -0.2) is 11.0 Å². The average Bonchev–Trinajstić information content (AvgIpc) is 2.50. The van der Waals surface area contributed by atoms with Crippen LogP contribution in [0.1, 0.15) is 23.1 Å². The van der Waals surface area contributed by atoms with Crippen LogP contribution in [0.5, 0.6) is 0 Å². The molecular formula is C18H20N2OS. The van der Waals surface area contributed by atoms with E-state index in [0.717, 1.165) is 22.4 Å². The van der Waals surface area contributed by atoms with Gasteiger partial charge in [-0.2, -0.15) is 0 Å². The summed E-state index contributed by atoms with van der Waals surface area (Å²) in [6.07, 6.45) is 1.12. The number of hydrogen-bond acceptors (Lipinski definition) is 2. The van der Waals surface area contributed by atoms with Crippen LogP contribution in [-0.2, 0) is 11.2 Å². The molecule has 0 aliphatic heterocycles. The van der Waals surface area contributed by atoms with Crippen molar-refractivity contribution in [2.45, 2.75) is 26.7 Å². The molecule has 0 spiro atoms. The van der Waals surface area contributed by atoms with E-state index in [0.29, 0.717) is 18.0 Å². The van der Waals surface area contributed by atoms with Gasteiger partial charge in [-0.05, 0) is 55.2 Å². The first-order valence-electron chi connectivity index (χ1n) is 7.26. The Labute approximate surface area is 136 Å². The third-order valence-corrected chi connectivity index (χ3v) is 3.58. The third kappa shape index (κ3) is 4.97. The van der Waals surface area contributed by atoms with Gasteiger partial charge in [-0.1, -0.05) is 42.5 Å². The molecule has 0 radical (unpaired) electrons. The van der Waals surface area contributed by atoms with Gasteiger partial charge < -0.3 is 10.6 Å². The Bertz CT molecular complexity index is 668. The minimum Gasteiger partial charge on any atom is -0.332 e. The zero-order valence-electron chi connectivity index (χ0n) is 12.8. The second-order valence-electron chi connectivity index (χ2n) is 5.31. The molecule has 2 aromatic rings. The van der Waals surface area contributed by atoms with Gasteiger partial charge in [0.25, 0.3) is 0 Å². The lowest BCUT2D eigenvalue weighted by atomic mass is 10.1. The summed E-state index contributed by atoms with van der Waals surface area (Å²) in [5.74, 6) is -0.0772. The van der Waals surface area contributed by atoms with Gasteiger partial charge in [0.2, 0.25) is 5.91 Å². The fraction of sp³-hybridized carbons (Fsp3) is 0.222. The molecule has 114 valence electrons. The van der Waals surface area contributed by atoms with Crippen LogP contribution in [0.4, 0.5) is 5.69 Å². The van der Waals surface area contributed by atoms with Crippen LogP contribution in [0.15, 0.2) is 48.5 Å². The topological polar surface area (TPSA) is 41.1 Å². The maximum Gasteiger partial charge on any atom is 0.226 e. The van der Waals surface area contributed by atoms with Gasteiger partial charge >= 0.3 is 0 Å². The largest absolute Gasteiger partial charge is 0.332 e. The number of aryl methyl sites for hydroxylation is 3. The Morgan fingerprint density at radius 3 is 2.55 bits per heavy atom. The van der Waals surface area contributed by atoms with Crippen molar-refractivity contribution in [3.05, 3.63) is 65.2 Å². The lowest BCUT2D eigenvalue weighted by Gasteiger charge is -2.12. The van der Waals surface area contributed by atoms with E-state index < -0.39 is 0 Å². The van der Waals surface area contributed by atoms with Crippen LogP contribution >= 0.6 is 12.2 Å². The molecule has 0 fully saturated rings. The second-order valence-corrected chi connectivity index (χ2v) is 5.71. The predicted octanol–water partition coefficient (Wildman–Crippen LogP) is 3.75. The molecule has 0 heterocycles. The number of thiocarbonyl (C=S) groups is 1. The molecule has 0 aliphatic rings. The van der Waals surface area contributed by atoms with Crippen molar-refractivity contribution in [1.82, 2.24) is 5.32 Å². The SMILES string of the molecule is Cc1ccc(C)c(NC(=S)NC(=O)CCc2ccccc2)c1. The molecule has 0 unspecified atom stereocenters. The Morgan fingerprint density at radius 2 is 1.82 bits per heavy atom. The van der Waals surface area contributed by atoms with E-state index in [1.807, 2.05) is 62.4 Å². The van der Waals surface area contributed by atoms with E-state index in [-0.39, 0.29) is 5.91 Å². The Morgan fingerprint density at radius 1 is 1.09 bits per heavy atom. The Hall–Kier alpha value is -2.20. The summed E-state index contributed by atoms with van der Waals surface area (Å²) in [5.41, 5.74) is 4.30. The van der Waals surface area contributed by atoms with Gasteiger partial charge in [0, 0.05) is 12.1 Å². The molecule has 3 nitrogen and oxygen atoms in total. The lowest BCUT2D eigenvalue weighted by Crippen LogP contribution is -2.34. The molecule has 2 aromatic carbocycles. The highest BCUT2D eigenvalue weighted by molar-refractivity contribution is 7.80. The standard InChI is InChI=1S/C18H20N2OS/c1-13-8-9-14(2)16(12-13)19-18(22)20-17(21)11-10-15-6-4-3-5-7-15/h3-9,12H,10-11H2,1-2H3,(H2,19,20,21,22). The summed E-state index contributed by atoms with van der Waals surface area (Å²) >= 11 is 5.20. The quantitative estimate of drug-likeness (QED) is 0.845. The summed E-state index contributed by atoms with van der Waals surface area (Å²) in [6, 6.07) is 16.0. The number of carbonyl (C=O) groups excluding carboxylic acids is 1. The molecule has 0 atom stereocenters. The zero-order chi connectivity index (χ0) is 15.9. The fourth-order valence-electron chi connectivity index (χ4n) is 2.12. The molecule has 2 rings (SSSR count). The maximum absolute atomic E-state index is 11.9. The van der Waals surface area contributed by atoms with Gasteiger partial charge in [-0.3, -0.25) is 4.79 Å². The van der Waals surface area contributed by atoms with Crippen molar-refractivity contribution in [1.29, 1.82) is 0 Å². The minimum atomic E-state index is -0.0772. The number of carbonyl (C=O) groups is 1. The van der Waals surface area contributed by atoms with Crippen LogP contribution in [0, 0.1) is 13.8 Å². The molecule has 0 aliphatic carbocycles. The number of hydrogen-bond donors (Lipinski definition) is 2. The Kier molecular flexibility index (Phi) is 5.67. The van der Waals surface area contributed by atoms with E-state index in [4.69, 9.17) is 12.2 Å². The smallest absolute Gasteiger partial charge is 0.226 e. The van der Waals surface area contributed by atoms with Crippen molar-refractivity contribution in [3.63, 3.8) is 0 Å². The van der Waals surface area contributed by atoms with Gasteiger partial charge in [0.05, 0.1) is 0 Å². The molecule has 0 bridgehead atoms. The monoisotopic (exact) mass is 312 g/mol. The van der Waals surface area contributed by atoms with Gasteiger partial charge in [0.1, 0.15) is 0 Å². The van der Waals surface area contributed by atoms with Crippen molar-refractivity contribution >= 4 is 28.9 Å². The van der Waals surface area contributed by atoms with Crippen molar-refractivity contribution in [3.8, 4) is 0 Å². The molecule has 22 heavy (non-hydrogen) atoms. The van der Waals surface area contributed by atoms with Gasteiger partial charge in [0.15, 0.2) is 5.11 Å². The van der Waals surface area contributed by atoms with Gasteiger partial charge in [-0.15, -0.1) is 0 Å². The highest BCUT2D eigenvalue weighted by atomic mass is 32.1. The average molecular weight is 312 g/mol. The lowest BCUT2D eigenvalue weighted by molar-refractivity contribution is -0.119. The van der Waals surface area contributed by atoms with Crippen LogP contribution in [0.25, 0.3) is 0 Å². The molecule has 4 heteroatoms. The molecule has 0 aromatic heterocycles. The van der Waals surface area contributed by atoms with E-state index in [1.54, 1.807) is 0 Å². The van der Waals surface area contributed by atoms with Crippen molar-refractivity contribution < 1.29 is 4.79 Å². The number of nitrogens with one attached hydrogen (secondary N) is 2. The van der Waals surface area contributed by atoms with E-state index in [2.05, 4.69) is 10.6 Å². The predicted molar refractivity (Wildman–Crippen MR) is 95.0 cm³/mol. The number of amides is 1.